The van der Waals surface area contributed by atoms with Crippen LogP contribution in [0.25, 0.3) is 16.8 Å². The molecule has 2 aromatic carbocycles. The number of aromatic nitrogens is 1. The van der Waals surface area contributed by atoms with Crippen LogP contribution in [0.3, 0.4) is 0 Å². The fraction of sp³-hybridized carbons (Fsp3) is 0.250. The molecule has 0 spiro atoms. The van der Waals surface area contributed by atoms with Gasteiger partial charge in [0.2, 0.25) is 0 Å². The molecule has 1 aliphatic rings. The van der Waals surface area contributed by atoms with Gasteiger partial charge in [-0.1, -0.05) is 67.1 Å². The van der Waals surface area contributed by atoms with Crippen LogP contribution in [0.2, 0.25) is 0 Å². The molecule has 0 amide bonds. The zero-order chi connectivity index (χ0) is 16.9. The smallest absolute Gasteiger partial charge is 0.129 e. The molecule has 0 radical (unpaired) electrons. The Labute approximate surface area is 151 Å². The Morgan fingerprint density at radius 3 is 2.58 bits per heavy atom. The van der Waals surface area contributed by atoms with Crippen molar-refractivity contribution < 1.29 is 0 Å². The van der Waals surface area contributed by atoms with Crippen LogP contribution in [0.4, 0.5) is 5.69 Å². The van der Waals surface area contributed by atoms with E-state index in [1.807, 2.05) is 0 Å². The molecule has 3 aromatic rings. The number of rotatable bonds is 2. The minimum atomic E-state index is -0.131. The van der Waals surface area contributed by atoms with Crippen LogP contribution >= 0.6 is 23.8 Å². The van der Waals surface area contributed by atoms with Crippen molar-refractivity contribution in [2.24, 2.45) is 0 Å². The van der Waals surface area contributed by atoms with E-state index < -0.39 is 0 Å². The van der Waals surface area contributed by atoms with Crippen LogP contribution in [0.1, 0.15) is 31.2 Å². The first-order chi connectivity index (χ1) is 11.5. The monoisotopic (exact) mass is 352 g/mol. The highest BCUT2D eigenvalue weighted by molar-refractivity contribution is 7.71. The first kappa shape index (κ1) is 15.6. The van der Waals surface area contributed by atoms with E-state index in [9.17, 15) is 0 Å². The van der Waals surface area contributed by atoms with Gasteiger partial charge in [-0.2, -0.15) is 0 Å². The molecule has 0 atom stereocenters. The molecular formula is C20H20N2S2. The van der Waals surface area contributed by atoms with Crippen LogP contribution in [-0.2, 0) is 12.0 Å². The highest BCUT2D eigenvalue weighted by atomic mass is 32.1. The molecule has 0 unspecified atom stereocenters. The second kappa shape index (κ2) is 5.57. The molecule has 0 fully saturated rings. The Morgan fingerprint density at radius 1 is 1.08 bits per heavy atom. The van der Waals surface area contributed by atoms with E-state index in [-0.39, 0.29) is 5.54 Å². The lowest BCUT2D eigenvalue weighted by molar-refractivity contribution is 0.620. The van der Waals surface area contributed by atoms with Crippen molar-refractivity contribution in [1.29, 1.82) is 0 Å². The first-order valence-electron chi connectivity index (χ1n) is 8.25. The Hall–Kier alpha value is -1.91. The van der Waals surface area contributed by atoms with Crippen molar-refractivity contribution >= 4 is 29.4 Å². The van der Waals surface area contributed by atoms with Crippen molar-refractivity contribution in [3.63, 3.8) is 0 Å². The fourth-order valence-corrected chi connectivity index (χ4v) is 5.11. The van der Waals surface area contributed by atoms with Gasteiger partial charge in [0.1, 0.15) is 4.64 Å². The number of aryl methyl sites for hydroxylation is 1. The van der Waals surface area contributed by atoms with Crippen LogP contribution in [-0.4, -0.2) is 3.96 Å². The number of hydrogen-bond acceptors (Lipinski definition) is 3. The van der Waals surface area contributed by atoms with Crippen LogP contribution in [0.5, 0.6) is 0 Å². The van der Waals surface area contributed by atoms with Gasteiger partial charge in [0, 0.05) is 16.8 Å². The maximum atomic E-state index is 5.93. The van der Waals surface area contributed by atoms with Crippen molar-refractivity contribution in [2.75, 3.05) is 5.32 Å². The van der Waals surface area contributed by atoms with E-state index in [1.54, 1.807) is 11.5 Å². The third-order valence-corrected chi connectivity index (χ3v) is 6.57. The summed E-state index contributed by atoms with van der Waals surface area (Å²) in [5.41, 5.74) is 5.98. The predicted octanol–water partition coefficient (Wildman–Crippen LogP) is 6.16. The zero-order valence-corrected chi connectivity index (χ0v) is 15.7. The molecule has 0 saturated heterocycles. The van der Waals surface area contributed by atoms with Gasteiger partial charge < -0.3 is 5.32 Å². The van der Waals surface area contributed by atoms with Crippen molar-refractivity contribution in [3.05, 3.63) is 63.6 Å². The Balaban J connectivity index is 2.04. The number of anilines is 1. The van der Waals surface area contributed by atoms with E-state index in [1.165, 1.54) is 27.3 Å². The van der Waals surface area contributed by atoms with E-state index in [2.05, 4.69) is 78.6 Å². The quantitative estimate of drug-likeness (QED) is 0.556. The average molecular weight is 353 g/mol. The summed E-state index contributed by atoms with van der Waals surface area (Å²) >= 11 is 7.69. The maximum absolute atomic E-state index is 5.93. The molecule has 1 N–H and O–H groups in total. The number of para-hydroxylation sites is 2. The third-order valence-electron chi connectivity index (χ3n) is 4.61. The Bertz CT molecular complexity index is 979. The summed E-state index contributed by atoms with van der Waals surface area (Å²) in [4.78, 5) is 1.30. The number of nitrogens with zero attached hydrogens (tertiary/aromatic N) is 1. The fourth-order valence-electron chi connectivity index (χ4n) is 3.41. The Morgan fingerprint density at radius 2 is 1.79 bits per heavy atom. The van der Waals surface area contributed by atoms with E-state index in [0.717, 1.165) is 16.7 Å². The molecule has 4 heteroatoms. The molecule has 0 aliphatic carbocycles. The van der Waals surface area contributed by atoms with Crippen LogP contribution in [0, 0.1) is 4.64 Å². The first-order valence-corrected chi connectivity index (χ1v) is 9.44. The summed E-state index contributed by atoms with van der Waals surface area (Å²) in [7, 11) is 0. The van der Waals surface area contributed by atoms with Crippen LogP contribution < -0.4 is 5.32 Å². The van der Waals surface area contributed by atoms with Crippen molar-refractivity contribution in [1.82, 2.24) is 3.96 Å². The number of fused-ring (bicyclic) bond motifs is 3. The van der Waals surface area contributed by atoms with E-state index >= 15 is 0 Å². The average Bonchev–Trinajstić information content (AvgIpc) is 2.93. The second-order valence-electron chi connectivity index (χ2n) is 6.67. The standard InChI is InChI=1S/C20H20N2S2/c1-4-13-9-5-8-12-16(13)22-19(23)17-14-10-6-7-11-15(14)21-20(2,3)18(17)24-22/h5-12,21H,4H2,1-3H3. The molecule has 0 saturated carbocycles. The van der Waals surface area contributed by atoms with Gasteiger partial charge in [-0.3, -0.25) is 3.96 Å². The molecule has 0 bridgehead atoms. The van der Waals surface area contributed by atoms with E-state index in [4.69, 9.17) is 12.2 Å². The van der Waals surface area contributed by atoms with Gasteiger partial charge in [0.05, 0.1) is 16.1 Å². The molecule has 1 aliphatic heterocycles. The normalized spacial score (nSPS) is 14.6. The van der Waals surface area contributed by atoms with Gasteiger partial charge in [0.15, 0.2) is 0 Å². The summed E-state index contributed by atoms with van der Waals surface area (Å²) in [5.74, 6) is 0. The van der Waals surface area contributed by atoms with Gasteiger partial charge in [-0.05, 0) is 38.0 Å². The second-order valence-corrected chi connectivity index (χ2v) is 8.02. The largest absolute Gasteiger partial charge is 0.375 e. The van der Waals surface area contributed by atoms with Gasteiger partial charge in [-0.15, -0.1) is 0 Å². The van der Waals surface area contributed by atoms with Gasteiger partial charge in [0.25, 0.3) is 0 Å². The minimum absolute atomic E-state index is 0.131. The molecule has 122 valence electrons. The number of nitrogens with one attached hydrogen (secondary N) is 1. The molecule has 4 rings (SSSR count). The summed E-state index contributed by atoms with van der Waals surface area (Å²) in [6.07, 6.45) is 0.999. The summed E-state index contributed by atoms with van der Waals surface area (Å²) in [6, 6.07) is 17.0. The lowest BCUT2D eigenvalue weighted by atomic mass is 9.90. The van der Waals surface area contributed by atoms with Crippen molar-refractivity contribution in [2.45, 2.75) is 32.7 Å². The van der Waals surface area contributed by atoms with E-state index in [0.29, 0.717) is 0 Å². The third kappa shape index (κ3) is 2.25. The van der Waals surface area contributed by atoms with Crippen LogP contribution in [0.15, 0.2) is 48.5 Å². The highest BCUT2D eigenvalue weighted by Gasteiger charge is 2.34. The SMILES string of the molecule is CCc1ccccc1-n1sc2c(c1=S)-c1ccccc1NC2(C)C. The minimum Gasteiger partial charge on any atom is -0.375 e. The number of hydrogen-bond donors (Lipinski definition) is 1. The molecular weight excluding hydrogens is 332 g/mol. The van der Waals surface area contributed by atoms with Gasteiger partial charge >= 0.3 is 0 Å². The zero-order valence-electron chi connectivity index (χ0n) is 14.1. The Kier molecular flexibility index (Phi) is 3.62. The molecule has 1 aromatic heterocycles. The lowest BCUT2D eigenvalue weighted by Crippen LogP contribution is -2.30. The summed E-state index contributed by atoms with van der Waals surface area (Å²) < 4.78 is 3.14. The molecule has 2 heterocycles. The van der Waals surface area contributed by atoms with Gasteiger partial charge in [-0.25, -0.2) is 0 Å². The maximum Gasteiger partial charge on any atom is 0.129 e. The topological polar surface area (TPSA) is 17.0 Å². The summed E-state index contributed by atoms with van der Waals surface area (Å²) in [6.45, 7) is 6.64. The number of benzene rings is 2. The molecule has 24 heavy (non-hydrogen) atoms. The van der Waals surface area contributed by atoms with Crippen molar-refractivity contribution in [3.8, 4) is 16.8 Å². The molecule has 2 nitrogen and oxygen atoms in total. The summed E-state index contributed by atoms with van der Waals surface area (Å²) in [5, 5.41) is 3.66. The predicted molar refractivity (Wildman–Crippen MR) is 106 cm³/mol. The lowest BCUT2D eigenvalue weighted by Gasteiger charge is -2.33. The highest BCUT2D eigenvalue weighted by Crippen LogP contribution is 2.47.